The lowest BCUT2D eigenvalue weighted by Gasteiger charge is -2.14. The van der Waals surface area contributed by atoms with Crippen LogP contribution in [0.3, 0.4) is 0 Å². The molecule has 116 valence electrons. The van der Waals surface area contributed by atoms with Gasteiger partial charge in [0.05, 0.1) is 22.9 Å². The molecule has 0 aromatic heterocycles. The molecule has 0 aliphatic heterocycles. The quantitative estimate of drug-likeness (QED) is 0.880. The molecular weight excluding hydrogens is 299 g/mol. The normalized spacial score (nSPS) is 11.2. The van der Waals surface area contributed by atoms with Crippen LogP contribution in [0.2, 0.25) is 0 Å². The van der Waals surface area contributed by atoms with Gasteiger partial charge in [-0.2, -0.15) is 5.26 Å². The van der Waals surface area contributed by atoms with E-state index in [1.54, 1.807) is 6.07 Å². The van der Waals surface area contributed by atoms with Crippen LogP contribution in [0.15, 0.2) is 48.5 Å². The minimum atomic E-state index is -1.10. The molecule has 0 saturated carbocycles. The van der Waals surface area contributed by atoms with Crippen molar-refractivity contribution in [3.05, 3.63) is 65.5 Å². The molecule has 0 fully saturated rings. The molecule has 6 heteroatoms. The number of para-hydroxylation sites is 1. The summed E-state index contributed by atoms with van der Waals surface area (Å²) in [5.74, 6) is -1.92. The van der Waals surface area contributed by atoms with E-state index in [0.29, 0.717) is 5.56 Å². The van der Waals surface area contributed by atoms with Crippen LogP contribution < -0.4 is 5.32 Å². The van der Waals surface area contributed by atoms with Crippen molar-refractivity contribution >= 4 is 17.6 Å². The molecule has 0 aliphatic carbocycles. The number of nitrogens with one attached hydrogen (secondary N) is 1. The molecule has 5 nitrogen and oxygen atoms in total. The number of esters is 1. The number of nitriles is 1. The molecule has 0 unspecified atom stereocenters. The van der Waals surface area contributed by atoms with Gasteiger partial charge in [-0.3, -0.25) is 4.79 Å². The van der Waals surface area contributed by atoms with E-state index in [1.807, 2.05) is 6.07 Å². The summed E-state index contributed by atoms with van der Waals surface area (Å²) in [6.07, 6.45) is -1.10. The van der Waals surface area contributed by atoms with E-state index >= 15 is 0 Å². The third-order valence-electron chi connectivity index (χ3n) is 3.03. The van der Waals surface area contributed by atoms with E-state index in [-0.39, 0.29) is 11.3 Å². The average molecular weight is 312 g/mol. The highest BCUT2D eigenvalue weighted by molar-refractivity contribution is 5.97. The molecule has 0 spiro atoms. The predicted octanol–water partition coefficient (Wildman–Crippen LogP) is 2.88. The second-order valence-electron chi connectivity index (χ2n) is 4.71. The number of carbonyl (C=O) groups is 2. The summed E-state index contributed by atoms with van der Waals surface area (Å²) in [6, 6.07) is 13.4. The Hall–Kier alpha value is -3.20. The van der Waals surface area contributed by atoms with E-state index in [4.69, 9.17) is 10.00 Å². The van der Waals surface area contributed by atoms with Gasteiger partial charge in [0.25, 0.3) is 5.91 Å². The van der Waals surface area contributed by atoms with Crippen LogP contribution in [0, 0.1) is 17.1 Å². The summed E-state index contributed by atoms with van der Waals surface area (Å²) in [6.45, 7) is 1.39. The predicted molar refractivity (Wildman–Crippen MR) is 81.1 cm³/mol. The van der Waals surface area contributed by atoms with E-state index in [9.17, 15) is 14.0 Å². The van der Waals surface area contributed by atoms with E-state index in [1.165, 1.54) is 49.4 Å². The van der Waals surface area contributed by atoms with Crippen molar-refractivity contribution < 1.29 is 18.7 Å². The fraction of sp³-hybridized carbons (Fsp3) is 0.118. The molecular formula is C17H13FN2O3. The number of carbonyl (C=O) groups excluding carboxylic acids is 2. The number of nitrogens with zero attached hydrogens (tertiary/aromatic N) is 1. The molecule has 0 radical (unpaired) electrons. The van der Waals surface area contributed by atoms with Crippen molar-refractivity contribution in [3.8, 4) is 6.07 Å². The van der Waals surface area contributed by atoms with Gasteiger partial charge in [-0.1, -0.05) is 12.1 Å². The van der Waals surface area contributed by atoms with E-state index in [0.717, 1.165) is 0 Å². The van der Waals surface area contributed by atoms with Gasteiger partial charge in [0, 0.05) is 0 Å². The Morgan fingerprint density at radius 2 is 1.83 bits per heavy atom. The largest absolute Gasteiger partial charge is 0.449 e. The van der Waals surface area contributed by atoms with Gasteiger partial charge in [0.1, 0.15) is 5.82 Å². The maximum absolute atomic E-state index is 13.5. The molecule has 0 heterocycles. The molecule has 0 saturated heterocycles. The second-order valence-corrected chi connectivity index (χ2v) is 4.71. The standard InChI is InChI=1S/C17H13FN2O3/c1-11(16(21)20-15-5-3-2-4-14(15)18)23-17(22)13-8-6-12(10-19)7-9-13/h2-9,11H,1H3,(H,20,21)/t11-/m0/s1. The number of hydrogen-bond acceptors (Lipinski definition) is 4. The monoisotopic (exact) mass is 312 g/mol. The Balaban J connectivity index is 1.99. The smallest absolute Gasteiger partial charge is 0.338 e. The Labute approximate surface area is 132 Å². The van der Waals surface area contributed by atoms with E-state index in [2.05, 4.69) is 5.32 Å². The van der Waals surface area contributed by atoms with Crippen molar-refractivity contribution in [2.24, 2.45) is 0 Å². The van der Waals surface area contributed by atoms with Crippen LogP contribution in [0.1, 0.15) is 22.8 Å². The summed E-state index contributed by atoms with van der Waals surface area (Å²) in [5.41, 5.74) is 0.639. The van der Waals surface area contributed by atoms with Crippen LogP contribution in [0.4, 0.5) is 10.1 Å². The number of benzene rings is 2. The Bertz CT molecular complexity index is 766. The molecule has 1 atom stereocenters. The van der Waals surface area contributed by atoms with Gasteiger partial charge < -0.3 is 10.1 Å². The van der Waals surface area contributed by atoms with Crippen molar-refractivity contribution in [2.45, 2.75) is 13.0 Å². The molecule has 23 heavy (non-hydrogen) atoms. The highest BCUT2D eigenvalue weighted by atomic mass is 19.1. The first-order valence-corrected chi connectivity index (χ1v) is 6.78. The Kier molecular flexibility index (Phi) is 5.05. The van der Waals surface area contributed by atoms with Gasteiger partial charge in [0.15, 0.2) is 6.10 Å². The first-order chi connectivity index (χ1) is 11.0. The summed E-state index contributed by atoms with van der Waals surface area (Å²) in [7, 11) is 0. The van der Waals surface area contributed by atoms with Crippen LogP contribution >= 0.6 is 0 Å². The van der Waals surface area contributed by atoms with Crippen LogP contribution in [-0.4, -0.2) is 18.0 Å². The average Bonchev–Trinajstić information content (AvgIpc) is 2.56. The summed E-state index contributed by atoms with van der Waals surface area (Å²) in [5, 5.41) is 11.0. The maximum atomic E-state index is 13.5. The summed E-state index contributed by atoms with van der Waals surface area (Å²) < 4.78 is 18.5. The lowest BCUT2D eigenvalue weighted by Crippen LogP contribution is -2.30. The molecule has 0 bridgehead atoms. The molecule has 1 amide bonds. The number of amides is 1. The zero-order valence-corrected chi connectivity index (χ0v) is 12.2. The Morgan fingerprint density at radius 3 is 2.43 bits per heavy atom. The maximum Gasteiger partial charge on any atom is 0.338 e. The third kappa shape index (κ3) is 4.14. The van der Waals surface area contributed by atoms with Crippen molar-refractivity contribution in [3.63, 3.8) is 0 Å². The Morgan fingerprint density at radius 1 is 1.17 bits per heavy atom. The van der Waals surface area contributed by atoms with Gasteiger partial charge >= 0.3 is 5.97 Å². The highest BCUT2D eigenvalue weighted by Gasteiger charge is 2.19. The zero-order chi connectivity index (χ0) is 16.8. The number of anilines is 1. The lowest BCUT2D eigenvalue weighted by molar-refractivity contribution is -0.123. The summed E-state index contributed by atoms with van der Waals surface area (Å²) >= 11 is 0. The van der Waals surface area contributed by atoms with Crippen LogP contribution in [0.5, 0.6) is 0 Å². The SMILES string of the molecule is C[C@H](OC(=O)c1ccc(C#N)cc1)C(=O)Nc1ccccc1F. The first-order valence-electron chi connectivity index (χ1n) is 6.78. The molecule has 2 aromatic carbocycles. The zero-order valence-electron chi connectivity index (χ0n) is 12.2. The van der Waals surface area contributed by atoms with Gasteiger partial charge in [-0.05, 0) is 43.3 Å². The molecule has 1 N–H and O–H groups in total. The van der Waals surface area contributed by atoms with Crippen LogP contribution in [-0.2, 0) is 9.53 Å². The fourth-order valence-corrected chi connectivity index (χ4v) is 1.76. The van der Waals surface area contributed by atoms with Gasteiger partial charge in [0.2, 0.25) is 0 Å². The van der Waals surface area contributed by atoms with Crippen LogP contribution in [0.25, 0.3) is 0 Å². The third-order valence-corrected chi connectivity index (χ3v) is 3.03. The fourth-order valence-electron chi connectivity index (χ4n) is 1.76. The van der Waals surface area contributed by atoms with Crippen molar-refractivity contribution in [1.82, 2.24) is 0 Å². The molecule has 2 rings (SSSR count). The van der Waals surface area contributed by atoms with E-state index < -0.39 is 23.8 Å². The number of hydrogen-bond donors (Lipinski definition) is 1. The van der Waals surface area contributed by atoms with Gasteiger partial charge in [-0.25, -0.2) is 9.18 Å². The highest BCUT2D eigenvalue weighted by Crippen LogP contribution is 2.13. The van der Waals surface area contributed by atoms with Crippen molar-refractivity contribution in [2.75, 3.05) is 5.32 Å². The number of ether oxygens (including phenoxy) is 1. The second kappa shape index (κ2) is 7.18. The molecule has 2 aromatic rings. The number of halogens is 1. The minimum Gasteiger partial charge on any atom is -0.449 e. The summed E-state index contributed by atoms with van der Waals surface area (Å²) in [4.78, 5) is 23.9. The lowest BCUT2D eigenvalue weighted by atomic mass is 10.1. The topological polar surface area (TPSA) is 79.2 Å². The molecule has 0 aliphatic rings. The van der Waals surface area contributed by atoms with Crippen molar-refractivity contribution in [1.29, 1.82) is 5.26 Å². The first kappa shape index (κ1) is 16.2. The van der Waals surface area contributed by atoms with Gasteiger partial charge in [-0.15, -0.1) is 0 Å². The number of rotatable bonds is 4. The minimum absolute atomic E-state index is 0.0128.